The fraction of sp³-hybridized carbons (Fsp3) is 0.400. The van der Waals surface area contributed by atoms with E-state index in [0.29, 0.717) is 17.1 Å². The first kappa shape index (κ1) is 24.1. The second-order valence-corrected chi connectivity index (χ2v) is 9.95. The lowest BCUT2D eigenvalue weighted by Crippen LogP contribution is -2.10. The van der Waals surface area contributed by atoms with Crippen LogP contribution in [0.3, 0.4) is 0 Å². The van der Waals surface area contributed by atoms with Gasteiger partial charge in [0, 0.05) is 17.1 Å². The Labute approximate surface area is 177 Å². The van der Waals surface area contributed by atoms with Gasteiger partial charge in [0.2, 0.25) is 0 Å². The first-order valence-corrected chi connectivity index (χ1v) is 12.4. The molecule has 0 aliphatic rings. The molecule has 0 heterocycles. The Morgan fingerprint density at radius 1 is 0.767 bits per heavy atom. The van der Waals surface area contributed by atoms with Crippen molar-refractivity contribution in [1.29, 1.82) is 0 Å². The lowest BCUT2D eigenvalue weighted by Gasteiger charge is -2.17. The highest BCUT2D eigenvalue weighted by atomic mass is 32.2. The minimum atomic E-state index is -4.30. The third-order valence-electron chi connectivity index (χ3n) is 4.23. The molecule has 10 heteroatoms. The van der Waals surface area contributed by atoms with E-state index in [0.717, 1.165) is 16.7 Å². The molecule has 0 atom stereocenters. The first-order valence-electron chi connectivity index (χ1n) is 9.29. The van der Waals surface area contributed by atoms with E-state index in [4.69, 9.17) is 9.47 Å². The normalized spacial score (nSPS) is 12.0. The van der Waals surface area contributed by atoms with Crippen LogP contribution in [0.15, 0.2) is 36.4 Å². The maximum absolute atomic E-state index is 10.8. The molecular weight excluding hydrogens is 432 g/mol. The largest absolute Gasteiger partial charge is 0.748 e. The quantitative estimate of drug-likeness (QED) is 0.372. The zero-order valence-electron chi connectivity index (χ0n) is 16.8. The average Bonchev–Trinajstić information content (AvgIpc) is 2.63. The average molecular weight is 457 g/mol. The molecule has 30 heavy (non-hydrogen) atoms. The van der Waals surface area contributed by atoms with E-state index in [1.54, 1.807) is 19.1 Å². The summed E-state index contributed by atoms with van der Waals surface area (Å²) in [6.45, 7) is 3.87. The van der Waals surface area contributed by atoms with Gasteiger partial charge in [-0.15, -0.1) is 0 Å². The number of rotatable bonds is 11. The molecule has 0 spiro atoms. The summed E-state index contributed by atoms with van der Waals surface area (Å²) < 4.78 is 75.9. The second-order valence-electron chi connectivity index (χ2n) is 6.91. The fourth-order valence-corrected chi connectivity index (χ4v) is 3.67. The Balaban J connectivity index is 2.22. The van der Waals surface area contributed by atoms with Crippen LogP contribution in [0.4, 0.5) is 0 Å². The Morgan fingerprint density at radius 3 is 1.77 bits per heavy atom. The first-order chi connectivity index (χ1) is 13.9. The van der Waals surface area contributed by atoms with Gasteiger partial charge in [-0.1, -0.05) is 29.8 Å². The van der Waals surface area contributed by atoms with Gasteiger partial charge in [0.25, 0.3) is 0 Å². The van der Waals surface area contributed by atoms with E-state index in [1.807, 2.05) is 31.2 Å². The van der Waals surface area contributed by atoms with Crippen molar-refractivity contribution < 1.29 is 35.4 Å². The van der Waals surface area contributed by atoms with Gasteiger partial charge in [-0.25, -0.2) is 16.8 Å². The summed E-state index contributed by atoms with van der Waals surface area (Å²) >= 11 is 0. The predicted octanol–water partition coefficient (Wildman–Crippen LogP) is 2.60. The summed E-state index contributed by atoms with van der Waals surface area (Å²) in [7, 11) is -8.59. The van der Waals surface area contributed by atoms with E-state index >= 15 is 0 Å². The van der Waals surface area contributed by atoms with Gasteiger partial charge in [-0.2, -0.15) is 0 Å². The minimum Gasteiger partial charge on any atom is -0.748 e. The molecule has 8 nitrogen and oxygen atoms in total. The standard InChI is InChI=1S/C20H26O8S2/c1-15-5-7-17(8-6-15)18-14-19(27-9-3-11-29(21,22)23)16(2)13-20(18)28-10-4-12-30(24,25)26/h5-8,13-14H,3-4,9-12H2,1-2H3,(H,21,22,23)(H,24,25,26)/p-2. The zero-order valence-corrected chi connectivity index (χ0v) is 18.4. The van der Waals surface area contributed by atoms with E-state index in [-0.39, 0.29) is 26.1 Å². The van der Waals surface area contributed by atoms with Crippen LogP contribution in [-0.2, 0) is 20.2 Å². The second kappa shape index (κ2) is 10.3. The van der Waals surface area contributed by atoms with Gasteiger partial charge < -0.3 is 18.6 Å². The SMILES string of the molecule is Cc1ccc(-c2cc(OCCCS(=O)(=O)[O-])c(C)cc2OCCCS(=O)(=O)[O-])cc1. The van der Waals surface area contributed by atoms with Gasteiger partial charge >= 0.3 is 0 Å². The summed E-state index contributed by atoms with van der Waals surface area (Å²) in [4.78, 5) is 0. The van der Waals surface area contributed by atoms with Crippen molar-refractivity contribution >= 4 is 20.2 Å². The molecule has 0 bridgehead atoms. The van der Waals surface area contributed by atoms with E-state index in [1.165, 1.54) is 0 Å². The topological polar surface area (TPSA) is 133 Å². The molecule has 166 valence electrons. The third kappa shape index (κ3) is 8.31. The highest BCUT2D eigenvalue weighted by molar-refractivity contribution is 7.85. The fourth-order valence-electron chi connectivity index (χ4n) is 2.73. The Hall–Kier alpha value is -2.14. The van der Waals surface area contributed by atoms with Crippen molar-refractivity contribution in [3.8, 4) is 22.6 Å². The lowest BCUT2D eigenvalue weighted by atomic mass is 10.0. The summed E-state index contributed by atoms with van der Waals surface area (Å²) in [5, 5.41) is 0. The van der Waals surface area contributed by atoms with Crippen LogP contribution in [0.25, 0.3) is 11.1 Å². The van der Waals surface area contributed by atoms with Crippen molar-refractivity contribution in [2.45, 2.75) is 26.7 Å². The molecule has 0 aliphatic carbocycles. The van der Waals surface area contributed by atoms with Crippen molar-refractivity contribution in [3.63, 3.8) is 0 Å². The van der Waals surface area contributed by atoms with Crippen molar-refractivity contribution in [2.75, 3.05) is 24.7 Å². The van der Waals surface area contributed by atoms with Gasteiger partial charge in [-0.05, 0) is 49.9 Å². The Morgan fingerprint density at radius 2 is 1.27 bits per heavy atom. The Kier molecular flexibility index (Phi) is 8.25. The predicted molar refractivity (Wildman–Crippen MR) is 111 cm³/mol. The summed E-state index contributed by atoms with van der Waals surface area (Å²) in [6.07, 6.45) is 0.146. The van der Waals surface area contributed by atoms with Crippen LogP contribution in [0.1, 0.15) is 24.0 Å². The van der Waals surface area contributed by atoms with Crippen LogP contribution in [0.2, 0.25) is 0 Å². The van der Waals surface area contributed by atoms with Crippen LogP contribution in [-0.4, -0.2) is 50.7 Å². The van der Waals surface area contributed by atoms with Crippen LogP contribution in [0.5, 0.6) is 11.5 Å². The summed E-state index contributed by atoms with van der Waals surface area (Å²) in [6, 6.07) is 11.2. The number of ether oxygens (including phenoxy) is 2. The summed E-state index contributed by atoms with van der Waals surface area (Å²) in [5.41, 5.74) is 3.35. The molecule has 2 aromatic rings. The number of aryl methyl sites for hydroxylation is 2. The van der Waals surface area contributed by atoms with Crippen LogP contribution < -0.4 is 9.47 Å². The van der Waals surface area contributed by atoms with Gasteiger partial charge in [0.1, 0.15) is 11.5 Å². The minimum absolute atomic E-state index is 0.0569. The van der Waals surface area contributed by atoms with E-state index in [9.17, 15) is 25.9 Å². The van der Waals surface area contributed by atoms with Gasteiger partial charge in [-0.3, -0.25) is 0 Å². The van der Waals surface area contributed by atoms with Crippen molar-refractivity contribution in [3.05, 3.63) is 47.5 Å². The monoisotopic (exact) mass is 456 g/mol. The highest BCUT2D eigenvalue weighted by Crippen LogP contribution is 2.36. The highest BCUT2D eigenvalue weighted by Gasteiger charge is 2.12. The van der Waals surface area contributed by atoms with Gasteiger partial charge in [0.15, 0.2) is 0 Å². The molecule has 0 amide bonds. The van der Waals surface area contributed by atoms with Crippen LogP contribution in [0, 0.1) is 13.8 Å². The molecule has 2 aromatic carbocycles. The molecule has 0 fully saturated rings. The molecule has 0 radical (unpaired) electrons. The molecule has 0 N–H and O–H groups in total. The third-order valence-corrected chi connectivity index (χ3v) is 5.81. The molecular formula is C20H24O8S2-2. The molecule has 0 unspecified atom stereocenters. The van der Waals surface area contributed by atoms with Gasteiger partial charge in [0.05, 0.1) is 33.5 Å². The van der Waals surface area contributed by atoms with Crippen molar-refractivity contribution in [2.24, 2.45) is 0 Å². The lowest BCUT2D eigenvalue weighted by molar-refractivity contribution is 0.306. The molecule has 0 saturated carbocycles. The number of hydrogen-bond acceptors (Lipinski definition) is 8. The molecule has 0 aromatic heterocycles. The van der Waals surface area contributed by atoms with E-state index < -0.39 is 31.7 Å². The smallest absolute Gasteiger partial charge is 0.127 e. The maximum Gasteiger partial charge on any atom is 0.127 e. The zero-order chi connectivity index (χ0) is 22.4. The molecule has 0 aliphatic heterocycles. The molecule has 0 saturated heterocycles. The van der Waals surface area contributed by atoms with Crippen molar-refractivity contribution in [1.82, 2.24) is 0 Å². The summed E-state index contributed by atoms with van der Waals surface area (Å²) in [5.74, 6) is 0.0218. The number of hydrogen-bond donors (Lipinski definition) is 0. The molecule has 2 rings (SSSR count). The van der Waals surface area contributed by atoms with E-state index in [2.05, 4.69) is 0 Å². The maximum atomic E-state index is 10.8. The Bertz CT molecular complexity index is 1060. The number of benzene rings is 2. The van der Waals surface area contributed by atoms with Crippen LogP contribution >= 0.6 is 0 Å².